The molecule has 2 rings (SSSR count). The second-order valence-corrected chi connectivity index (χ2v) is 5.43. The van der Waals surface area contributed by atoms with Crippen LogP contribution in [0.25, 0.3) is 5.57 Å². The number of halogens is 1. The first-order valence-electron chi connectivity index (χ1n) is 7.52. The summed E-state index contributed by atoms with van der Waals surface area (Å²) >= 11 is 0. The van der Waals surface area contributed by atoms with E-state index in [4.69, 9.17) is 9.47 Å². The van der Waals surface area contributed by atoms with E-state index in [1.165, 1.54) is 18.2 Å². The van der Waals surface area contributed by atoms with Crippen LogP contribution < -0.4 is 5.32 Å². The lowest BCUT2D eigenvalue weighted by Gasteiger charge is -2.09. The topological polar surface area (TPSA) is 47.6 Å². The van der Waals surface area contributed by atoms with Crippen LogP contribution in [-0.2, 0) is 14.3 Å². The molecule has 0 saturated carbocycles. The lowest BCUT2D eigenvalue weighted by molar-refractivity contribution is -0.116. The lowest BCUT2D eigenvalue weighted by Crippen LogP contribution is -2.26. The van der Waals surface area contributed by atoms with E-state index in [1.807, 2.05) is 0 Å². The fourth-order valence-electron chi connectivity index (χ4n) is 2.28. The van der Waals surface area contributed by atoms with Crippen molar-refractivity contribution in [3.05, 3.63) is 41.7 Å². The van der Waals surface area contributed by atoms with Gasteiger partial charge in [0, 0.05) is 25.1 Å². The van der Waals surface area contributed by atoms with Gasteiger partial charge in [0.05, 0.1) is 19.8 Å². The van der Waals surface area contributed by atoms with Gasteiger partial charge < -0.3 is 14.8 Å². The predicted octanol–water partition coefficient (Wildman–Crippen LogP) is 2.40. The quantitative estimate of drug-likeness (QED) is 0.621. The Labute approximate surface area is 130 Å². The predicted molar refractivity (Wildman–Crippen MR) is 82.8 cm³/mol. The number of hydrogen-bond acceptors (Lipinski definition) is 3. The minimum absolute atomic E-state index is 0.199. The Morgan fingerprint density at radius 3 is 3.14 bits per heavy atom. The number of nitrogens with one attached hydrogen (secondary N) is 1. The fourth-order valence-corrected chi connectivity index (χ4v) is 2.28. The third-order valence-electron chi connectivity index (χ3n) is 3.55. The van der Waals surface area contributed by atoms with Crippen LogP contribution in [0.3, 0.4) is 0 Å². The van der Waals surface area contributed by atoms with Crippen molar-refractivity contribution in [3.8, 4) is 0 Å². The summed E-state index contributed by atoms with van der Waals surface area (Å²) in [5, 5.41) is 2.76. The Balaban J connectivity index is 1.67. The zero-order valence-electron chi connectivity index (χ0n) is 12.8. The summed E-state index contributed by atoms with van der Waals surface area (Å²) in [5.74, 6) is -0.0321. The summed E-state index contributed by atoms with van der Waals surface area (Å²) in [4.78, 5) is 11.8. The summed E-state index contributed by atoms with van der Waals surface area (Å²) < 4.78 is 23.9. The first kappa shape index (κ1) is 16.6. The molecule has 1 unspecified atom stereocenters. The van der Waals surface area contributed by atoms with Gasteiger partial charge in [0.1, 0.15) is 5.82 Å². The zero-order valence-corrected chi connectivity index (χ0v) is 12.8. The van der Waals surface area contributed by atoms with Crippen molar-refractivity contribution in [3.63, 3.8) is 0 Å². The third-order valence-corrected chi connectivity index (χ3v) is 3.55. The number of ether oxygens (including phenoxy) is 2. The molecule has 1 fully saturated rings. The summed E-state index contributed by atoms with van der Waals surface area (Å²) in [6, 6.07) is 6.19. The van der Waals surface area contributed by atoms with Gasteiger partial charge in [0.2, 0.25) is 5.91 Å². The highest BCUT2D eigenvalue weighted by Gasteiger charge is 2.15. The van der Waals surface area contributed by atoms with Crippen molar-refractivity contribution in [1.82, 2.24) is 5.32 Å². The van der Waals surface area contributed by atoms with Gasteiger partial charge in [-0.15, -0.1) is 0 Å². The van der Waals surface area contributed by atoms with E-state index in [-0.39, 0.29) is 11.7 Å². The second kappa shape index (κ2) is 8.66. The van der Waals surface area contributed by atoms with Crippen LogP contribution in [0.15, 0.2) is 30.3 Å². The Kier molecular flexibility index (Phi) is 6.55. The van der Waals surface area contributed by atoms with E-state index in [1.54, 1.807) is 19.1 Å². The highest BCUT2D eigenvalue weighted by molar-refractivity contribution is 5.94. The molecule has 120 valence electrons. The molecule has 0 radical (unpaired) electrons. The first-order chi connectivity index (χ1) is 10.6. The number of benzene rings is 1. The molecule has 1 saturated heterocycles. The standard InChI is InChI=1S/C17H22FNO3/c1-13(15-3-2-4-16(18)10-15)9-17(20)19-6-8-22-12-14-5-7-21-11-14/h2-4,9-10,14H,5-8,11-12H2,1H3,(H,19,20)/b13-9+. The maximum Gasteiger partial charge on any atom is 0.244 e. The van der Waals surface area contributed by atoms with E-state index in [0.29, 0.717) is 31.2 Å². The summed E-state index contributed by atoms with van der Waals surface area (Å²) in [5.41, 5.74) is 1.42. The molecule has 5 heteroatoms. The average Bonchev–Trinajstić information content (AvgIpc) is 3.00. The largest absolute Gasteiger partial charge is 0.381 e. The molecule has 0 aromatic heterocycles. The van der Waals surface area contributed by atoms with Gasteiger partial charge >= 0.3 is 0 Å². The number of hydrogen-bond donors (Lipinski definition) is 1. The van der Waals surface area contributed by atoms with Gasteiger partial charge in [0.25, 0.3) is 0 Å². The van der Waals surface area contributed by atoms with E-state index in [9.17, 15) is 9.18 Å². The maximum absolute atomic E-state index is 13.1. The van der Waals surface area contributed by atoms with Crippen LogP contribution in [0.4, 0.5) is 4.39 Å². The molecule has 1 heterocycles. The van der Waals surface area contributed by atoms with Crippen LogP contribution in [0, 0.1) is 11.7 Å². The number of amides is 1. The second-order valence-electron chi connectivity index (χ2n) is 5.43. The van der Waals surface area contributed by atoms with Crippen molar-refractivity contribution in [2.75, 3.05) is 33.0 Å². The van der Waals surface area contributed by atoms with E-state index >= 15 is 0 Å². The molecule has 1 atom stereocenters. The molecular weight excluding hydrogens is 285 g/mol. The molecule has 4 nitrogen and oxygen atoms in total. The fraction of sp³-hybridized carbons (Fsp3) is 0.471. The molecule has 1 aliphatic rings. The Morgan fingerprint density at radius 2 is 2.41 bits per heavy atom. The normalized spacial score (nSPS) is 18.5. The van der Waals surface area contributed by atoms with E-state index in [2.05, 4.69) is 5.32 Å². The minimum Gasteiger partial charge on any atom is -0.381 e. The summed E-state index contributed by atoms with van der Waals surface area (Å²) in [7, 11) is 0. The van der Waals surface area contributed by atoms with Gasteiger partial charge in [-0.2, -0.15) is 0 Å². The van der Waals surface area contributed by atoms with Gasteiger partial charge in [-0.1, -0.05) is 12.1 Å². The number of carbonyl (C=O) groups is 1. The highest BCUT2D eigenvalue weighted by Crippen LogP contribution is 2.14. The van der Waals surface area contributed by atoms with Gasteiger partial charge in [0.15, 0.2) is 0 Å². The lowest BCUT2D eigenvalue weighted by atomic mass is 10.1. The molecular formula is C17H22FNO3. The minimum atomic E-state index is -0.310. The van der Waals surface area contributed by atoms with Crippen molar-refractivity contribution in [2.45, 2.75) is 13.3 Å². The summed E-state index contributed by atoms with van der Waals surface area (Å²) in [6.45, 7) is 4.98. The zero-order chi connectivity index (χ0) is 15.8. The smallest absolute Gasteiger partial charge is 0.244 e. The van der Waals surface area contributed by atoms with Crippen molar-refractivity contribution in [2.24, 2.45) is 5.92 Å². The van der Waals surface area contributed by atoms with Crippen molar-refractivity contribution in [1.29, 1.82) is 0 Å². The van der Waals surface area contributed by atoms with Gasteiger partial charge in [-0.3, -0.25) is 4.79 Å². The molecule has 0 spiro atoms. The molecule has 1 amide bonds. The summed E-state index contributed by atoms with van der Waals surface area (Å²) in [6.07, 6.45) is 2.52. The van der Waals surface area contributed by atoms with E-state index in [0.717, 1.165) is 25.2 Å². The Hall–Kier alpha value is -1.72. The van der Waals surface area contributed by atoms with Crippen LogP contribution >= 0.6 is 0 Å². The number of rotatable bonds is 7. The van der Waals surface area contributed by atoms with Crippen LogP contribution in [0.5, 0.6) is 0 Å². The molecule has 1 aliphatic heterocycles. The van der Waals surface area contributed by atoms with Crippen LogP contribution in [0.2, 0.25) is 0 Å². The molecule has 22 heavy (non-hydrogen) atoms. The van der Waals surface area contributed by atoms with Crippen LogP contribution in [-0.4, -0.2) is 38.9 Å². The Morgan fingerprint density at radius 1 is 1.55 bits per heavy atom. The molecule has 1 aromatic rings. The average molecular weight is 307 g/mol. The Bertz CT molecular complexity index is 524. The van der Waals surface area contributed by atoms with Gasteiger partial charge in [-0.25, -0.2) is 4.39 Å². The number of allylic oxidation sites excluding steroid dienone is 1. The van der Waals surface area contributed by atoms with Crippen molar-refractivity contribution >= 4 is 11.5 Å². The molecule has 0 aliphatic carbocycles. The molecule has 1 aromatic carbocycles. The first-order valence-corrected chi connectivity index (χ1v) is 7.52. The molecule has 0 bridgehead atoms. The molecule has 1 N–H and O–H groups in total. The van der Waals surface area contributed by atoms with Crippen molar-refractivity contribution < 1.29 is 18.7 Å². The van der Waals surface area contributed by atoms with Crippen LogP contribution in [0.1, 0.15) is 18.9 Å². The SMILES string of the molecule is C/C(=C\C(=O)NCCOCC1CCOC1)c1cccc(F)c1. The highest BCUT2D eigenvalue weighted by atomic mass is 19.1. The van der Waals surface area contributed by atoms with E-state index < -0.39 is 0 Å². The maximum atomic E-state index is 13.1. The number of carbonyl (C=O) groups excluding carboxylic acids is 1. The monoisotopic (exact) mass is 307 g/mol. The third kappa shape index (κ3) is 5.58. The van der Waals surface area contributed by atoms with Gasteiger partial charge in [-0.05, 0) is 36.6 Å².